The predicted molar refractivity (Wildman–Crippen MR) is 144 cm³/mol. The van der Waals surface area contributed by atoms with Gasteiger partial charge in [-0.15, -0.1) is 11.6 Å². The lowest BCUT2D eigenvalue weighted by atomic mass is 10.0. The number of halogens is 3. The molecule has 0 aromatic rings. The van der Waals surface area contributed by atoms with E-state index in [1.165, 1.54) is 13.8 Å². The molecule has 13 heteroatoms. The van der Waals surface area contributed by atoms with Crippen molar-refractivity contribution < 1.29 is 48.7 Å². The number of aliphatic hydroxyl groups is 2. The lowest BCUT2D eigenvalue weighted by molar-refractivity contribution is -0.146. The van der Waals surface area contributed by atoms with Crippen LogP contribution in [-0.4, -0.2) is 101 Å². The minimum Gasteiger partial charge on any atom is -0.481 e. The number of carbonyl (C=O) groups excluding carboxylic acids is 2. The number of carbonyl (C=O) groups is 3. The van der Waals surface area contributed by atoms with Crippen molar-refractivity contribution in [2.75, 3.05) is 40.1 Å². The molecule has 0 amide bonds. The number of rotatable bonds is 13. The van der Waals surface area contributed by atoms with Crippen LogP contribution in [0, 0.1) is 5.92 Å². The van der Waals surface area contributed by atoms with E-state index in [0.29, 0.717) is 26.2 Å². The molecule has 0 aromatic heterocycles. The van der Waals surface area contributed by atoms with Crippen molar-refractivity contribution in [3.05, 3.63) is 0 Å². The third-order valence-electron chi connectivity index (χ3n) is 4.70. The summed E-state index contributed by atoms with van der Waals surface area (Å²) in [6.07, 6.45) is 0.0628. The molecule has 5 atom stereocenters. The van der Waals surface area contributed by atoms with Gasteiger partial charge in [-0.05, 0) is 40.5 Å². The zero-order valence-corrected chi connectivity index (χ0v) is 25.4. The van der Waals surface area contributed by atoms with Gasteiger partial charge in [0.05, 0.1) is 38.6 Å². The molecule has 5 unspecified atom stereocenters. The van der Waals surface area contributed by atoms with Gasteiger partial charge in [0.25, 0.3) is 0 Å². The predicted octanol–water partition coefficient (Wildman–Crippen LogP) is 3.61. The quantitative estimate of drug-likeness (QED) is 0.124. The van der Waals surface area contributed by atoms with Gasteiger partial charge in [0.1, 0.15) is 22.7 Å². The average molecular weight is 600 g/mol. The molecule has 0 bridgehead atoms. The minimum absolute atomic E-state index is 0.108. The number of Topliss-reactive ketones (excluding diaryl/α,β-unsaturated/α-hetero) is 1. The maximum absolute atomic E-state index is 10.4. The number of ether oxygens (including phenoxy) is 4. The second-order valence-corrected chi connectivity index (χ2v) is 9.90. The van der Waals surface area contributed by atoms with Crippen LogP contribution < -0.4 is 0 Å². The average Bonchev–Trinajstić information content (AvgIpc) is 3.21. The van der Waals surface area contributed by atoms with Crippen molar-refractivity contribution in [3.63, 3.8) is 0 Å². The van der Waals surface area contributed by atoms with Gasteiger partial charge in [-0.25, -0.2) is 0 Å². The van der Waals surface area contributed by atoms with Gasteiger partial charge >= 0.3 is 11.9 Å². The van der Waals surface area contributed by atoms with Crippen LogP contribution in [0.25, 0.3) is 0 Å². The summed E-state index contributed by atoms with van der Waals surface area (Å²) in [4.78, 5) is 30.6. The molecular formula is C24H45Cl3O10. The summed E-state index contributed by atoms with van der Waals surface area (Å²) < 4.78 is 18.0. The molecule has 0 saturated heterocycles. The lowest BCUT2D eigenvalue weighted by Gasteiger charge is -2.21. The Morgan fingerprint density at radius 3 is 1.76 bits per heavy atom. The first-order valence-corrected chi connectivity index (χ1v) is 13.2. The minimum atomic E-state index is -1.44. The van der Waals surface area contributed by atoms with E-state index in [1.54, 1.807) is 27.9 Å². The van der Waals surface area contributed by atoms with Gasteiger partial charge in [0.15, 0.2) is 4.33 Å². The maximum atomic E-state index is 10.4. The van der Waals surface area contributed by atoms with E-state index in [9.17, 15) is 19.5 Å². The SMILES string of the molecule is CC(O)COC(C)C1(O)C(Cl)C1(Cl)Cl.CCC(C(C)=O)C(=O)O.CCCOC(C)=O.CCOCCOC. The third kappa shape index (κ3) is 17.5. The molecule has 0 radical (unpaired) electrons. The van der Waals surface area contributed by atoms with Gasteiger partial charge < -0.3 is 34.3 Å². The highest BCUT2D eigenvalue weighted by atomic mass is 35.5. The van der Waals surface area contributed by atoms with Crippen molar-refractivity contribution >= 4 is 52.5 Å². The molecular weight excluding hydrogens is 555 g/mol. The molecule has 1 saturated carbocycles. The zero-order chi connectivity index (χ0) is 29.8. The van der Waals surface area contributed by atoms with E-state index in [-0.39, 0.29) is 18.4 Å². The Bertz CT molecular complexity index is 616. The standard InChI is InChI=1S/C8H13Cl3O3.C6H10O3.C5H12O2.C5H10O2/c1-4(12)3-14-5(2)7(13)6(9)8(7,10)11;1-3-5(4(2)7)6(8)9;1-3-7-5-4-6-2;1-3-4-7-5(2)6/h4-6,12-13H,3H2,1-2H3;5H,3H2,1-2H3,(H,8,9);3-5H2,1-2H3;3-4H2,1-2H3. The molecule has 1 aliphatic carbocycles. The molecule has 1 fully saturated rings. The van der Waals surface area contributed by atoms with E-state index < -0.39 is 39.4 Å². The van der Waals surface area contributed by atoms with Crippen molar-refractivity contribution in [2.24, 2.45) is 5.92 Å². The van der Waals surface area contributed by atoms with Crippen molar-refractivity contribution in [2.45, 2.75) is 88.8 Å². The summed E-state index contributed by atoms with van der Waals surface area (Å²) in [5.74, 6) is -2.29. The Morgan fingerprint density at radius 1 is 1.03 bits per heavy atom. The summed E-state index contributed by atoms with van der Waals surface area (Å²) in [5, 5.41) is 26.5. The number of hydrogen-bond donors (Lipinski definition) is 3. The number of methoxy groups -OCH3 is 1. The Morgan fingerprint density at radius 2 is 1.54 bits per heavy atom. The summed E-state index contributed by atoms with van der Waals surface area (Å²) >= 11 is 17.2. The van der Waals surface area contributed by atoms with Crippen molar-refractivity contribution in [1.82, 2.24) is 0 Å². The molecule has 3 N–H and O–H groups in total. The van der Waals surface area contributed by atoms with Gasteiger partial charge in [0.2, 0.25) is 0 Å². The van der Waals surface area contributed by atoms with Crippen LogP contribution in [0.4, 0.5) is 0 Å². The zero-order valence-electron chi connectivity index (χ0n) is 23.1. The van der Waals surface area contributed by atoms with Crippen LogP contribution in [0.5, 0.6) is 0 Å². The summed E-state index contributed by atoms with van der Waals surface area (Å²) in [6.45, 7) is 14.4. The monoisotopic (exact) mass is 598 g/mol. The highest BCUT2D eigenvalue weighted by Gasteiger charge is 2.78. The Kier molecular flexibility index (Phi) is 24.4. The molecule has 1 rings (SSSR count). The van der Waals surface area contributed by atoms with E-state index in [4.69, 9.17) is 59.2 Å². The smallest absolute Gasteiger partial charge is 0.314 e. The molecule has 1 aliphatic rings. The van der Waals surface area contributed by atoms with Crippen LogP contribution in [0.2, 0.25) is 0 Å². The van der Waals surface area contributed by atoms with Crippen LogP contribution in [0.15, 0.2) is 0 Å². The van der Waals surface area contributed by atoms with E-state index in [2.05, 4.69) is 4.74 Å². The Hall–Kier alpha value is -0.720. The maximum Gasteiger partial charge on any atom is 0.314 e. The fraction of sp³-hybridized carbons (Fsp3) is 0.875. The number of esters is 1. The summed E-state index contributed by atoms with van der Waals surface area (Å²) in [6, 6.07) is 0. The molecule has 0 heterocycles. The first-order chi connectivity index (χ1) is 17.0. The van der Waals surface area contributed by atoms with Gasteiger partial charge in [0, 0.05) is 20.6 Å². The van der Waals surface area contributed by atoms with Gasteiger partial charge in [-0.2, -0.15) is 0 Å². The van der Waals surface area contributed by atoms with Crippen LogP contribution in [0.1, 0.15) is 61.3 Å². The van der Waals surface area contributed by atoms with Crippen LogP contribution in [0.3, 0.4) is 0 Å². The fourth-order valence-electron chi connectivity index (χ4n) is 2.42. The van der Waals surface area contributed by atoms with E-state index in [0.717, 1.165) is 13.0 Å². The van der Waals surface area contributed by atoms with Crippen molar-refractivity contribution in [1.29, 1.82) is 0 Å². The number of ketones is 1. The lowest BCUT2D eigenvalue weighted by Crippen LogP contribution is -2.35. The normalized spacial score (nSPS) is 21.3. The van der Waals surface area contributed by atoms with Crippen molar-refractivity contribution in [3.8, 4) is 0 Å². The Labute approximate surface area is 235 Å². The molecule has 222 valence electrons. The van der Waals surface area contributed by atoms with Gasteiger partial charge in [-0.3, -0.25) is 14.4 Å². The number of carboxylic acid groups (broad SMARTS) is 1. The second-order valence-electron chi connectivity index (χ2n) is 8.07. The van der Waals surface area contributed by atoms with Gasteiger partial charge in [-0.1, -0.05) is 37.0 Å². The second kappa shape index (κ2) is 22.1. The molecule has 10 nitrogen and oxygen atoms in total. The largest absolute Gasteiger partial charge is 0.481 e. The number of hydrogen-bond acceptors (Lipinski definition) is 9. The molecule has 37 heavy (non-hydrogen) atoms. The summed E-state index contributed by atoms with van der Waals surface area (Å²) in [7, 11) is 1.67. The summed E-state index contributed by atoms with van der Waals surface area (Å²) in [5.41, 5.74) is -1.44. The van der Waals surface area contributed by atoms with Crippen LogP contribution >= 0.6 is 34.8 Å². The topological polar surface area (TPSA) is 149 Å². The Balaban J connectivity index is -0.000000440. The first-order valence-electron chi connectivity index (χ1n) is 12.0. The molecule has 0 aliphatic heterocycles. The number of alkyl halides is 3. The first kappa shape index (κ1) is 40.8. The highest BCUT2D eigenvalue weighted by molar-refractivity contribution is 6.58. The highest BCUT2D eigenvalue weighted by Crippen LogP contribution is 2.62. The van der Waals surface area contributed by atoms with E-state index in [1.807, 2.05) is 13.8 Å². The van der Waals surface area contributed by atoms with E-state index >= 15 is 0 Å². The number of carboxylic acids is 1. The third-order valence-corrected chi connectivity index (χ3v) is 6.63. The van der Waals surface area contributed by atoms with Crippen LogP contribution in [-0.2, 0) is 33.3 Å². The molecule has 0 aromatic carbocycles. The number of aliphatic hydroxyl groups excluding tert-OH is 1. The number of aliphatic carboxylic acids is 1. The fourth-order valence-corrected chi connectivity index (χ4v) is 3.75. The molecule has 0 spiro atoms.